The van der Waals surface area contributed by atoms with Gasteiger partial charge >= 0.3 is 5.97 Å². The predicted molar refractivity (Wildman–Crippen MR) is 118 cm³/mol. The molecule has 1 amide bonds. The highest BCUT2D eigenvalue weighted by atomic mass is 32.2. The molecule has 33 heavy (non-hydrogen) atoms. The van der Waals surface area contributed by atoms with Crippen LogP contribution in [-0.2, 0) is 24.3 Å². The zero-order valence-electron chi connectivity index (χ0n) is 17.9. The van der Waals surface area contributed by atoms with E-state index in [9.17, 15) is 27.6 Å². The largest absolute Gasteiger partial charge is 0.455 e. The van der Waals surface area contributed by atoms with Crippen molar-refractivity contribution in [3.63, 3.8) is 0 Å². The van der Waals surface area contributed by atoms with Crippen LogP contribution >= 0.6 is 0 Å². The fraction of sp³-hybridized carbons (Fsp3) is 0.304. The minimum Gasteiger partial charge on any atom is -0.455 e. The summed E-state index contributed by atoms with van der Waals surface area (Å²) in [5.74, 6) is -2.39. The number of benzene rings is 2. The maximum Gasteiger partial charge on any atom is 0.309 e. The van der Waals surface area contributed by atoms with Crippen molar-refractivity contribution >= 4 is 39.2 Å². The van der Waals surface area contributed by atoms with Crippen molar-refractivity contribution in [3.8, 4) is 0 Å². The first kappa shape index (κ1) is 22.8. The SMILES string of the molecule is CS(=O)(=O)N1CCC(C(=O)OCC(=O)Nc2cccc3c2C(=O)c2ccccc2C3=O)CC1. The second-order valence-corrected chi connectivity index (χ2v) is 10.0. The summed E-state index contributed by atoms with van der Waals surface area (Å²) >= 11 is 0. The molecule has 2 aromatic carbocycles. The molecule has 0 radical (unpaired) electrons. The maximum atomic E-state index is 13.0. The molecule has 0 atom stereocenters. The van der Waals surface area contributed by atoms with Crippen molar-refractivity contribution in [2.75, 3.05) is 31.3 Å². The summed E-state index contributed by atoms with van der Waals surface area (Å²) in [5.41, 5.74) is 1.06. The van der Waals surface area contributed by atoms with Gasteiger partial charge in [-0.3, -0.25) is 19.2 Å². The van der Waals surface area contributed by atoms with E-state index in [-0.39, 0.29) is 47.0 Å². The molecule has 1 aliphatic heterocycles. The Morgan fingerprint density at radius 2 is 1.58 bits per heavy atom. The Morgan fingerprint density at radius 1 is 0.970 bits per heavy atom. The summed E-state index contributed by atoms with van der Waals surface area (Å²) in [5, 5.41) is 2.56. The summed E-state index contributed by atoms with van der Waals surface area (Å²) in [6, 6.07) is 11.1. The van der Waals surface area contributed by atoms with E-state index >= 15 is 0 Å². The number of esters is 1. The summed E-state index contributed by atoms with van der Waals surface area (Å²) in [4.78, 5) is 50.5. The summed E-state index contributed by atoms with van der Waals surface area (Å²) in [7, 11) is -3.30. The Kier molecular flexibility index (Phi) is 6.13. The number of carbonyl (C=O) groups is 4. The van der Waals surface area contributed by atoms with Gasteiger partial charge in [0.2, 0.25) is 10.0 Å². The first-order valence-corrected chi connectivity index (χ1v) is 12.2. The molecule has 1 fully saturated rings. The molecular formula is C23H22N2O7S. The number of nitrogens with zero attached hydrogens (tertiary/aromatic N) is 1. The molecule has 1 heterocycles. The number of amides is 1. The van der Waals surface area contributed by atoms with Crippen LogP contribution in [0.4, 0.5) is 5.69 Å². The van der Waals surface area contributed by atoms with Crippen molar-refractivity contribution in [1.29, 1.82) is 0 Å². The van der Waals surface area contributed by atoms with Gasteiger partial charge in [0.1, 0.15) is 0 Å². The topological polar surface area (TPSA) is 127 Å². The molecule has 2 aromatic rings. The van der Waals surface area contributed by atoms with E-state index in [2.05, 4.69) is 5.32 Å². The second kappa shape index (κ2) is 8.87. The lowest BCUT2D eigenvalue weighted by Crippen LogP contribution is -2.40. The van der Waals surface area contributed by atoms with E-state index in [0.717, 1.165) is 6.26 Å². The molecule has 0 aromatic heterocycles. The summed E-state index contributed by atoms with van der Waals surface area (Å²) < 4.78 is 29.6. The number of piperidine rings is 1. The smallest absolute Gasteiger partial charge is 0.309 e. The molecule has 1 N–H and O–H groups in total. The molecule has 9 nitrogen and oxygen atoms in total. The number of nitrogens with one attached hydrogen (secondary N) is 1. The Balaban J connectivity index is 1.40. The van der Waals surface area contributed by atoms with Crippen LogP contribution in [0.1, 0.15) is 44.7 Å². The Hall–Kier alpha value is -3.37. The Labute approximate surface area is 190 Å². The van der Waals surface area contributed by atoms with Crippen LogP contribution in [0.2, 0.25) is 0 Å². The van der Waals surface area contributed by atoms with Gasteiger partial charge < -0.3 is 10.1 Å². The number of rotatable bonds is 5. The van der Waals surface area contributed by atoms with Gasteiger partial charge in [-0.2, -0.15) is 0 Å². The molecule has 2 aliphatic rings. The summed E-state index contributed by atoms with van der Waals surface area (Å²) in [6.45, 7) is -0.120. The Bertz CT molecular complexity index is 1260. The molecular weight excluding hydrogens is 448 g/mol. The predicted octanol–water partition coefficient (Wildman–Crippen LogP) is 1.62. The van der Waals surface area contributed by atoms with E-state index in [4.69, 9.17) is 4.74 Å². The number of ketones is 2. The van der Waals surface area contributed by atoms with Crippen molar-refractivity contribution < 1.29 is 32.3 Å². The molecule has 172 valence electrons. The molecule has 0 bridgehead atoms. The van der Waals surface area contributed by atoms with Gasteiger partial charge in [0.05, 0.1) is 23.4 Å². The second-order valence-electron chi connectivity index (χ2n) is 8.02. The molecule has 1 saturated heterocycles. The Morgan fingerprint density at radius 3 is 2.21 bits per heavy atom. The quantitative estimate of drug-likeness (QED) is 0.561. The van der Waals surface area contributed by atoms with Crippen LogP contribution in [0.5, 0.6) is 0 Å². The number of sulfonamides is 1. The van der Waals surface area contributed by atoms with Crippen LogP contribution in [0.15, 0.2) is 42.5 Å². The number of fused-ring (bicyclic) bond motifs is 2. The van der Waals surface area contributed by atoms with E-state index in [1.54, 1.807) is 30.3 Å². The lowest BCUT2D eigenvalue weighted by Gasteiger charge is -2.28. The molecule has 0 saturated carbocycles. The van der Waals surface area contributed by atoms with Gasteiger partial charge in [0.15, 0.2) is 18.2 Å². The monoisotopic (exact) mass is 470 g/mol. The maximum absolute atomic E-state index is 13.0. The highest BCUT2D eigenvalue weighted by molar-refractivity contribution is 7.88. The van der Waals surface area contributed by atoms with E-state index in [1.807, 2.05) is 0 Å². The van der Waals surface area contributed by atoms with Crippen LogP contribution < -0.4 is 5.32 Å². The average Bonchev–Trinajstić information content (AvgIpc) is 2.80. The van der Waals surface area contributed by atoms with E-state index in [1.165, 1.54) is 16.4 Å². The van der Waals surface area contributed by atoms with Crippen LogP contribution in [-0.4, -0.2) is 62.1 Å². The number of anilines is 1. The van der Waals surface area contributed by atoms with Gasteiger partial charge in [-0.25, -0.2) is 12.7 Å². The zero-order chi connectivity index (χ0) is 23.8. The fourth-order valence-electron chi connectivity index (χ4n) is 4.11. The third-order valence-electron chi connectivity index (χ3n) is 5.83. The minimum absolute atomic E-state index is 0.106. The molecule has 10 heteroatoms. The fourth-order valence-corrected chi connectivity index (χ4v) is 4.99. The van der Waals surface area contributed by atoms with Gasteiger partial charge in [-0.15, -0.1) is 0 Å². The van der Waals surface area contributed by atoms with Crippen molar-refractivity contribution in [3.05, 3.63) is 64.7 Å². The first-order chi connectivity index (χ1) is 15.7. The van der Waals surface area contributed by atoms with Crippen LogP contribution in [0.3, 0.4) is 0 Å². The number of carbonyl (C=O) groups excluding carboxylic acids is 4. The lowest BCUT2D eigenvalue weighted by atomic mass is 9.83. The van der Waals surface area contributed by atoms with E-state index < -0.39 is 34.4 Å². The zero-order valence-corrected chi connectivity index (χ0v) is 18.7. The average molecular weight is 471 g/mol. The van der Waals surface area contributed by atoms with Crippen molar-refractivity contribution in [2.24, 2.45) is 5.92 Å². The molecule has 0 spiro atoms. The normalized spacial score (nSPS) is 16.6. The van der Waals surface area contributed by atoms with Gasteiger partial charge in [0, 0.05) is 29.8 Å². The molecule has 4 rings (SSSR count). The highest BCUT2D eigenvalue weighted by Gasteiger charge is 2.32. The standard InChI is InChI=1S/C23H22N2O7S/c1-33(30,31)25-11-9-14(10-12-25)23(29)32-13-19(26)24-18-8-4-7-17-20(18)22(28)16-6-3-2-5-15(16)21(17)27/h2-8,14H,9-13H2,1H3,(H,24,26). The van der Waals surface area contributed by atoms with Gasteiger partial charge in [0.25, 0.3) is 5.91 Å². The summed E-state index contributed by atoms with van der Waals surface area (Å²) in [6.07, 6.45) is 1.75. The van der Waals surface area contributed by atoms with Crippen molar-refractivity contribution in [1.82, 2.24) is 4.31 Å². The number of hydrogen-bond donors (Lipinski definition) is 1. The lowest BCUT2D eigenvalue weighted by molar-refractivity contribution is -0.152. The highest BCUT2D eigenvalue weighted by Crippen LogP contribution is 2.32. The van der Waals surface area contributed by atoms with Crippen molar-refractivity contribution in [2.45, 2.75) is 12.8 Å². The van der Waals surface area contributed by atoms with Gasteiger partial charge in [-0.1, -0.05) is 36.4 Å². The third-order valence-corrected chi connectivity index (χ3v) is 7.13. The molecule has 1 aliphatic carbocycles. The first-order valence-electron chi connectivity index (χ1n) is 10.4. The van der Waals surface area contributed by atoms with Crippen LogP contribution in [0.25, 0.3) is 0 Å². The third kappa shape index (κ3) is 4.57. The van der Waals surface area contributed by atoms with Gasteiger partial charge in [-0.05, 0) is 18.9 Å². The van der Waals surface area contributed by atoms with E-state index in [0.29, 0.717) is 18.4 Å². The minimum atomic E-state index is -3.30. The number of hydrogen-bond acceptors (Lipinski definition) is 7. The number of ether oxygens (including phenoxy) is 1. The van der Waals surface area contributed by atoms with Crippen LogP contribution in [0, 0.1) is 5.92 Å². The molecule has 0 unspecified atom stereocenters.